The van der Waals surface area contributed by atoms with E-state index < -0.39 is 5.25 Å². The van der Waals surface area contributed by atoms with Gasteiger partial charge in [0.2, 0.25) is 5.91 Å². The topological polar surface area (TPSA) is 84.1 Å². The number of ether oxygens (including phenoxy) is 1. The Labute approximate surface area is 184 Å². The van der Waals surface area contributed by atoms with Crippen molar-refractivity contribution in [1.82, 2.24) is 5.32 Å². The van der Waals surface area contributed by atoms with Gasteiger partial charge in [0.05, 0.1) is 29.3 Å². The number of nitrogens with one attached hydrogen (secondary N) is 1. The SMILES string of the molecule is CCCNC(=O)C(C)SC1=N/C(=C\c2ccco2)C(=O)N1c1ccc(OC)c(Cl)c1. The van der Waals surface area contributed by atoms with Crippen molar-refractivity contribution in [3.05, 3.63) is 53.1 Å². The maximum Gasteiger partial charge on any atom is 0.283 e. The third-order valence-electron chi connectivity index (χ3n) is 4.25. The lowest BCUT2D eigenvalue weighted by atomic mass is 10.2. The molecule has 0 saturated heterocycles. The molecule has 0 spiro atoms. The molecule has 9 heteroatoms. The van der Waals surface area contributed by atoms with Crippen LogP contribution in [0.4, 0.5) is 5.69 Å². The molecule has 1 aromatic carbocycles. The van der Waals surface area contributed by atoms with Gasteiger partial charge in [-0.25, -0.2) is 4.99 Å². The number of anilines is 1. The van der Waals surface area contributed by atoms with Crippen LogP contribution in [0.3, 0.4) is 0 Å². The van der Waals surface area contributed by atoms with E-state index >= 15 is 0 Å². The smallest absolute Gasteiger partial charge is 0.283 e. The number of hydrogen-bond donors (Lipinski definition) is 1. The Balaban J connectivity index is 1.94. The number of rotatable bonds is 7. The van der Waals surface area contributed by atoms with E-state index in [4.69, 9.17) is 20.8 Å². The third kappa shape index (κ3) is 4.88. The highest BCUT2D eigenvalue weighted by molar-refractivity contribution is 8.15. The highest BCUT2D eigenvalue weighted by atomic mass is 35.5. The molecule has 1 atom stereocenters. The molecule has 0 saturated carbocycles. The van der Waals surface area contributed by atoms with Crippen LogP contribution in [0.5, 0.6) is 5.75 Å². The van der Waals surface area contributed by atoms with Crippen molar-refractivity contribution in [3.63, 3.8) is 0 Å². The summed E-state index contributed by atoms with van der Waals surface area (Å²) >= 11 is 7.47. The molecule has 2 aromatic rings. The highest BCUT2D eigenvalue weighted by Crippen LogP contribution is 2.35. The minimum Gasteiger partial charge on any atom is -0.495 e. The van der Waals surface area contributed by atoms with Crippen molar-refractivity contribution in [1.29, 1.82) is 0 Å². The van der Waals surface area contributed by atoms with E-state index in [1.807, 2.05) is 6.92 Å². The van der Waals surface area contributed by atoms with E-state index in [1.54, 1.807) is 43.3 Å². The number of nitrogens with zero attached hydrogens (tertiary/aromatic N) is 2. The Bertz CT molecular complexity index is 988. The quantitative estimate of drug-likeness (QED) is 0.638. The molecule has 2 amide bonds. The fourth-order valence-corrected chi connectivity index (χ4v) is 3.91. The van der Waals surface area contributed by atoms with Gasteiger partial charge in [-0.05, 0) is 43.7 Å². The first-order chi connectivity index (χ1) is 14.4. The second-order valence-corrected chi connectivity index (χ2v) is 8.17. The number of halogens is 1. The number of carbonyl (C=O) groups is 2. The van der Waals surface area contributed by atoms with Crippen LogP contribution < -0.4 is 15.0 Å². The fraction of sp³-hybridized carbons (Fsp3) is 0.286. The largest absolute Gasteiger partial charge is 0.495 e. The van der Waals surface area contributed by atoms with Crippen LogP contribution in [-0.2, 0) is 9.59 Å². The normalized spacial score (nSPS) is 16.0. The number of benzene rings is 1. The van der Waals surface area contributed by atoms with Crippen molar-refractivity contribution in [2.45, 2.75) is 25.5 Å². The van der Waals surface area contributed by atoms with Crippen LogP contribution >= 0.6 is 23.4 Å². The molecule has 1 N–H and O–H groups in total. The summed E-state index contributed by atoms with van der Waals surface area (Å²) in [5, 5.41) is 3.17. The summed E-state index contributed by atoms with van der Waals surface area (Å²) in [7, 11) is 1.52. The molecule has 0 radical (unpaired) electrons. The van der Waals surface area contributed by atoms with Crippen molar-refractivity contribution in [2.75, 3.05) is 18.6 Å². The van der Waals surface area contributed by atoms with E-state index in [0.29, 0.717) is 33.9 Å². The van der Waals surface area contributed by atoms with Crippen LogP contribution in [0.15, 0.2) is 51.7 Å². The van der Waals surface area contributed by atoms with Gasteiger partial charge in [0.25, 0.3) is 5.91 Å². The number of hydrogen-bond acceptors (Lipinski definition) is 6. The molecule has 1 aliphatic rings. The zero-order chi connectivity index (χ0) is 21.7. The summed E-state index contributed by atoms with van der Waals surface area (Å²) in [6.07, 6.45) is 3.93. The molecular weight excluding hydrogens is 426 g/mol. The van der Waals surface area contributed by atoms with Gasteiger partial charge in [-0.2, -0.15) is 0 Å². The number of amides is 2. The van der Waals surface area contributed by atoms with E-state index in [1.165, 1.54) is 30.0 Å². The number of furan rings is 1. The van der Waals surface area contributed by atoms with Crippen LogP contribution in [0.25, 0.3) is 6.08 Å². The van der Waals surface area contributed by atoms with Crippen LogP contribution in [0.2, 0.25) is 5.02 Å². The minimum atomic E-state index is -0.442. The zero-order valence-corrected chi connectivity index (χ0v) is 18.4. The summed E-state index contributed by atoms with van der Waals surface area (Å²) in [5.74, 6) is 0.552. The van der Waals surface area contributed by atoms with E-state index in [0.717, 1.165) is 6.42 Å². The van der Waals surface area contributed by atoms with Gasteiger partial charge in [-0.15, -0.1) is 0 Å². The molecule has 1 unspecified atom stereocenters. The molecule has 1 aliphatic heterocycles. The van der Waals surface area contributed by atoms with Crippen LogP contribution in [0, 0.1) is 0 Å². The summed E-state index contributed by atoms with van der Waals surface area (Å²) in [5.41, 5.74) is 0.738. The number of carbonyl (C=O) groups excluding carboxylic acids is 2. The summed E-state index contributed by atoms with van der Waals surface area (Å²) < 4.78 is 10.5. The Hall–Kier alpha value is -2.71. The average Bonchev–Trinajstić information content (AvgIpc) is 3.34. The molecule has 0 aliphatic carbocycles. The van der Waals surface area contributed by atoms with Crippen molar-refractivity contribution < 1.29 is 18.7 Å². The van der Waals surface area contributed by atoms with Crippen LogP contribution in [-0.4, -0.2) is 35.9 Å². The van der Waals surface area contributed by atoms with Gasteiger partial charge < -0.3 is 14.5 Å². The van der Waals surface area contributed by atoms with Crippen molar-refractivity contribution >= 4 is 52.1 Å². The van der Waals surface area contributed by atoms with Gasteiger partial charge >= 0.3 is 0 Å². The maximum absolute atomic E-state index is 13.1. The van der Waals surface area contributed by atoms with Crippen molar-refractivity contribution in [3.8, 4) is 5.75 Å². The summed E-state index contributed by atoms with van der Waals surface area (Å²) in [4.78, 5) is 31.4. The number of amidine groups is 1. The maximum atomic E-state index is 13.1. The molecule has 1 aromatic heterocycles. The third-order valence-corrected chi connectivity index (χ3v) is 5.59. The predicted molar refractivity (Wildman–Crippen MR) is 120 cm³/mol. The Morgan fingerprint density at radius 1 is 1.43 bits per heavy atom. The number of thioether (sulfide) groups is 1. The summed E-state index contributed by atoms with van der Waals surface area (Å²) in [6.45, 7) is 4.35. The monoisotopic (exact) mass is 447 g/mol. The van der Waals surface area contributed by atoms with E-state index in [-0.39, 0.29) is 17.5 Å². The van der Waals surface area contributed by atoms with E-state index in [9.17, 15) is 9.59 Å². The lowest BCUT2D eigenvalue weighted by molar-refractivity contribution is -0.120. The van der Waals surface area contributed by atoms with Crippen LogP contribution in [0.1, 0.15) is 26.0 Å². The average molecular weight is 448 g/mol. The fourth-order valence-electron chi connectivity index (χ4n) is 2.71. The minimum absolute atomic E-state index is 0.117. The first-order valence-electron chi connectivity index (χ1n) is 9.40. The standard InChI is InChI=1S/C21H22ClN3O4S/c1-4-9-23-19(26)13(2)30-21-24-17(12-15-6-5-10-29-15)20(27)25(21)14-7-8-18(28-3)16(22)11-14/h5-8,10-13H,4,9H2,1-3H3,(H,23,26)/b17-12-. The second kappa shape index (κ2) is 9.86. The molecule has 30 heavy (non-hydrogen) atoms. The molecule has 3 rings (SSSR count). The van der Waals surface area contributed by atoms with Gasteiger partial charge in [0.1, 0.15) is 17.2 Å². The Morgan fingerprint density at radius 3 is 2.87 bits per heavy atom. The van der Waals surface area contributed by atoms with Crippen molar-refractivity contribution in [2.24, 2.45) is 4.99 Å². The van der Waals surface area contributed by atoms with Gasteiger partial charge in [-0.1, -0.05) is 30.3 Å². The first-order valence-corrected chi connectivity index (χ1v) is 10.7. The van der Waals surface area contributed by atoms with Gasteiger partial charge in [0, 0.05) is 12.6 Å². The van der Waals surface area contributed by atoms with E-state index in [2.05, 4.69) is 10.3 Å². The highest BCUT2D eigenvalue weighted by Gasteiger charge is 2.34. The predicted octanol–water partition coefficient (Wildman–Crippen LogP) is 4.33. The summed E-state index contributed by atoms with van der Waals surface area (Å²) in [6, 6.07) is 8.49. The molecule has 2 heterocycles. The second-order valence-electron chi connectivity index (χ2n) is 6.45. The lowest BCUT2D eigenvalue weighted by Crippen LogP contribution is -2.36. The Morgan fingerprint density at radius 2 is 2.23 bits per heavy atom. The van der Waals surface area contributed by atoms with Gasteiger partial charge in [0.15, 0.2) is 5.17 Å². The number of aliphatic imine (C=N–C) groups is 1. The molecule has 0 fully saturated rings. The lowest BCUT2D eigenvalue weighted by Gasteiger charge is -2.20. The molecule has 0 bridgehead atoms. The zero-order valence-electron chi connectivity index (χ0n) is 16.8. The van der Waals surface area contributed by atoms with Gasteiger partial charge in [-0.3, -0.25) is 14.5 Å². The first kappa shape index (κ1) is 22.0. The molecular formula is C21H22ClN3O4S. The molecule has 158 valence electrons. The Kier molecular flexibility index (Phi) is 7.23. The molecule has 7 nitrogen and oxygen atoms in total. The number of methoxy groups -OCH3 is 1.